The Morgan fingerprint density at radius 2 is 1.67 bits per heavy atom. The molecule has 0 saturated heterocycles. The third-order valence-corrected chi connectivity index (χ3v) is 9.78. The molecule has 0 aliphatic carbocycles. The van der Waals surface area contributed by atoms with Crippen LogP contribution in [0.5, 0.6) is 11.5 Å². The molecule has 1 N–H and O–H groups in total. The fourth-order valence-corrected chi connectivity index (χ4v) is 7.05. The lowest BCUT2D eigenvalue weighted by Gasteiger charge is -2.24. The second-order valence-corrected chi connectivity index (χ2v) is 13.2. The Balaban J connectivity index is 1.34. The summed E-state index contributed by atoms with van der Waals surface area (Å²) in [4.78, 5) is 28.8. The highest BCUT2D eigenvalue weighted by molar-refractivity contribution is 8.00. The number of aliphatic hydroxyl groups is 1. The van der Waals surface area contributed by atoms with Gasteiger partial charge in [-0.05, 0) is 59.5 Å². The summed E-state index contributed by atoms with van der Waals surface area (Å²) in [5, 5.41) is 20.8. The van der Waals surface area contributed by atoms with Crippen LogP contribution in [0.4, 0.5) is 5.13 Å². The Morgan fingerprint density at radius 3 is 2.40 bits per heavy atom. The highest BCUT2D eigenvalue weighted by Crippen LogP contribution is 2.45. The number of benzene rings is 4. The number of carbonyl (C=O) groups excluding carboxylic acids is 2. The lowest BCUT2D eigenvalue weighted by atomic mass is 9.95. The van der Waals surface area contributed by atoms with Crippen molar-refractivity contribution in [1.82, 2.24) is 10.2 Å². The van der Waals surface area contributed by atoms with Crippen LogP contribution in [0.1, 0.15) is 35.2 Å². The van der Waals surface area contributed by atoms with E-state index in [1.54, 1.807) is 24.3 Å². The number of nitrogens with zero attached hydrogens (tertiary/aromatic N) is 3. The van der Waals surface area contributed by atoms with Gasteiger partial charge in [0.05, 0.1) is 18.2 Å². The number of anilines is 1. The maximum Gasteiger partial charge on any atom is 0.296 e. The van der Waals surface area contributed by atoms with E-state index in [2.05, 4.69) is 10.2 Å². The molecular formula is C37H30ClN3O5S2. The average Bonchev–Trinajstić information content (AvgIpc) is 3.69. The first-order valence-electron chi connectivity index (χ1n) is 15.1. The van der Waals surface area contributed by atoms with E-state index in [4.69, 9.17) is 21.1 Å². The second kappa shape index (κ2) is 15.3. The van der Waals surface area contributed by atoms with Gasteiger partial charge in [-0.15, -0.1) is 10.2 Å². The lowest BCUT2D eigenvalue weighted by molar-refractivity contribution is -0.117. The number of rotatable bonds is 13. The molecule has 5 aromatic rings. The molecule has 11 heteroatoms. The fraction of sp³-hybridized carbons (Fsp3) is 0.135. The first kappa shape index (κ1) is 33.0. The highest BCUT2D eigenvalue weighted by Gasteiger charge is 2.45. The molecule has 6 rings (SSSR count). The van der Waals surface area contributed by atoms with Gasteiger partial charge in [0.15, 0.2) is 27.4 Å². The number of halogens is 1. The SMILES string of the molecule is CCOc1cc(C2C(C(=O)/C=C/c3ccccc3)=C(O)C(=O)N2c2nnc(SCc3ccc(Cl)cc3)s2)ccc1OCc1ccccc1. The molecule has 1 aliphatic rings. The van der Waals surface area contributed by atoms with Gasteiger partial charge in [0, 0.05) is 10.8 Å². The Hall–Kier alpha value is -4.90. The van der Waals surface area contributed by atoms with Gasteiger partial charge in [0.25, 0.3) is 5.91 Å². The summed E-state index contributed by atoms with van der Waals surface area (Å²) in [7, 11) is 0. The molecule has 4 aromatic carbocycles. The van der Waals surface area contributed by atoms with Gasteiger partial charge in [-0.1, -0.05) is 120 Å². The van der Waals surface area contributed by atoms with Crippen LogP contribution in [-0.2, 0) is 21.9 Å². The molecule has 8 nitrogen and oxygen atoms in total. The zero-order chi connectivity index (χ0) is 33.5. The second-order valence-electron chi connectivity index (χ2n) is 10.6. The minimum absolute atomic E-state index is 0.0712. The van der Waals surface area contributed by atoms with Crippen molar-refractivity contribution in [3.63, 3.8) is 0 Å². The maximum absolute atomic E-state index is 13.8. The molecule has 0 spiro atoms. The van der Waals surface area contributed by atoms with Crippen LogP contribution in [0, 0.1) is 0 Å². The van der Waals surface area contributed by atoms with Gasteiger partial charge in [-0.3, -0.25) is 14.5 Å². The third-order valence-electron chi connectivity index (χ3n) is 7.40. The summed E-state index contributed by atoms with van der Waals surface area (Å²) in [5.41, 5.74) is 3.30. The third kappa shape index (κ3) is 7.62. The number of aromatic nitrogens is 2. The summed E-state index contributed by atoms with van der Waals surface area (Å²) in [6.07, 6.45) is 3.01. The average molecular weight is 696 g/mol. The first-order valence-corrected chi connectivity index (χ1v) is 17.3. The van der Waals surface area contributed by atoms with Crippen LogP contribution in [0.2, 0.25) is 5.02 Å². The molecule has 0 radical (unpaired) electrons. The van der Waals surface area contributed by atoms with Gasteiger partial charge in [0.1, 0.15) is 6.61 Å². The topological polar surface area (TPSA) is 102 Å². The Kier molecular flexibility index (Phi) is 10.5. The van der Waals surface area contributed by atoms with E-state index in [1.165, 1.54) is 34.1 Å². The quantitative estimate of drug-likeness (QED) is 0.0742. The van der Waals surface area contributed by atoms with E-state index >= 15 is 0 Å². The summed E-state index contributed by atoms with van der Waals surface area (Å²) in [5.74, 6) is -0.348. The molecule has 242 valence electrons. The van der Waals surface area contributed by atoms with Crippen molar-refractivity contribution in [2.24, 2.45) is 0 Å². The number of carbonyl (C=O) groups is 2. The first-order chi connectivity index (χ1) is 23.4. The van der Waals surface area contributed by atoms with E-state index in [9.17, 15) is 14.7 Å². The van der Waals surface area contributed by atoms with Crippen LogP contribution >= 0.6 is 34.7 Å². The Bertz CT molecular complexity index is 1960. The molecule has 2 heterocycles. The van der Waals surface area contributed by atoms with Crippen LogP contribution in [0.15, 0.2) is 125 Å². The maximum atomic E-state index is 13.8. The van der Waals surface area contributed by atoms with Crippen LogP contribution in [0.3, 0.4) is 0 Å². The minimum Gasteiger partial charge on any atom is -0.503 e. The van der Waals surface area contributed by atoms with Crippen molar-refractivity contribution < 1.29 is 24.2 Å². The number of hydrogen-bond acceptors (Lipinski definition) is 9. The number of amides is 1. The molecular weight excluding hydrogens is 666 g/mol. The number of allylic oxidation sites excluding steroid dienone is 1. The predicted molar refractivity (Wildman–Crippen MR) is 190 cm³/mol. The van der Waals surface area contributed by atoms with Gasteiger partial charge in [-0.2, -0.15) is 0 Å². The lowest BCUT2D eigenvalue weighted by Crippen LogP contribution is -2.31. The molecule has 0 bridgehead atoms. The zero-order valence-electron chi connectivity index (χ0n) is 25.8. The van der Waals surface area contributed by atoms with Crippen LogP contribution in [-0.4, -0.2) is 33.6 Å². The smallest absolute Gasteiger partial charge is 0.296 e. The minimum atomic E-state index is -1.00. The van der Waals surface area contributed by atoms with Crippen molar-refractivity contribution in [1.29, 1.82) is 0 Å². The summed E-state index contributed by atoms with van der Waals surface area (Å²) < 4.78 is 12.7. The van der Waals surface area contributed by atoms with E-state index in [0.717, 1.165) is 16.7 Å². The van der Waals surface area contributed by atoms with Crippen molar-refractivity contribution in [2.45, 2.75) is 29.7 Å². The van der Waals surface area contributed by atoms with E-state index in [-0.39, 0.29) is 10.7 Å². The molecule has 48 heavy (non-hydrogen) atoms. The Labute approximate surface area is 291 Å². The fourth-order valence-electron chi connectivity index (χ4n) is 5.10. The molecule has 1 atom stereocenters. The number of hydrogen-bond donors (Lipinski definition) is 1. The van der Waals surface area contributed by atoms with Crippen LogP contribution in [0.25, 0.3) is 6.08 Å². The Morgan fingerprint density at radius 1 is 0.938 bits per heavy atom. The number of thioether (sulfide) groups is 1. The summed E-state index contributed by atoms with van der Waals surface area (Å²) in [6, 6.07) is 30.8. The van der Waals surface area contributed by atoms with Crippen molar-refractivity contribution in [2.75, 3.05) is 11.5 Å². The van der Waals surface area contributed by atoms with Gasteiger partial charge in [-0.25, -0.2) is 0 Å². The molecule has 1 unspecified atom stereocenters. The molecule has 1 aliphatic heterocycles. The van der Waals surface area contributed by atoms with Crippen molar-refractivity contribution in [3.8, 4) is 11.5 Å². The summed E-state index contributed by atoms with van der Waals surface area (Å²) in [6.45, 7) is 2.54. The molecule has 1 amide bonds. The summed E-state index contributed by atoms with van der Waals surface area (Å²) >= 11 is 8.68. The van der Waals surface area contributed by atoms with Crippen LogP contribution < -0.4 is 14.4 Å². The zero-order valence-corrected chi connectivity index (χ0v) is 28.2. The van der Waals surface area contributed by atoms with E-state index in [0.29, 0.717) is 45.4 Å². The number of ether oxygens (including phenoxy) is 2. The van der Waals surface area contributed by atoms with E-state index in [1.807, 2.05) is 91.9 Å². The van der Waals surface area contributed by atoms with Gasteiger partial charge < -0.3 is 14.6 Å². The highest BCUT2D eigenvalue weighted by atomic mass is 35.5. The number of aliphatic hydroxyl groups excluding tert-OH is 1. The van der Waals surface area contributed by atoms with E-state index < -0.39 is 23.5 Å². The largest absolute Gasteiger partial charge is 0.503 e. The standard InChI is InChI=1S/C37H30ClN3O5S2/c1-2-45-31-21-27(16-20-30(31)46-22-25-11-7-4-8-12-25)33-32(29(42)19-15-24-9-5-3-6-10-24)34(43)35(44)41(33)36-39-40-37(48-36)47-23-26-13-17-28(38)18-14-26/h3-21,33,43H,2,22-23H2,1H3/b19-15+. The van der Waals surface area contributed by atoms with Crippen molar-refractivity contribution in [3.05, 3.63) is 148 Å². The number of ketones is 1. The molecule has 0 fully saturated rings. The molecule has 1 aromatic heterocycles. The van der Waals surface area contributed by atoms with Gasteiger partial charge in [0.2, 0.25) is 5.13 Å². The molecule has 0 saturated carbocycles. The monoisotopic (exact) mass is 695 g/mol. The predicted octanol–water partition coefficient (Wildman–Crippen LogP) is 8.64. The van der Waals surface area contributed by atoms with Gasteiger partial charge >= 0.3 is 0 Å². The van der Waals surface area contributed by atoms with Crippen molar-refractivity contribution >= 4 is 57.6 Å². The normalized spacial score (nSPS) is 14.6.